The number of nitrogens with one attached hydrogen (secondary N) is 1. The van der Waals surface area contributed by atoms with Crippen molar-refractivity contribution in [3.05, 3.63) is 57.5 Å². The van der Waals surface area contributed by atoms with Crippen LogP contribution in [0.3, 0.4) is 0 Å². The van der Waals surface area contributed by atoms with E-state index < -0.39 is 0 Å². The lowest BCUT2D eigenvalue weighted by Crippen LogP contribution is -1.96. The maximum absolute atomic E-state index is 6.14. The van der Waals surface area contributed by atoms with E-state index in [-0.39, 0.29) is 0 Å². The molecule has 0 saturated carbocycles. The zero-order valence-corrected chi connectivity index (χ0v) is 12.6. The Bertz CT molecular complexity index is 587. The minimum Gasteiger partial charge on any atom is -0.495 e. The van der Waals surface area contributed by atoms with Crippen molar-refractivity contribution >= 4 is 39.4 Å². The lowest BCUT2D eigenvalue weighted by atomic mass is 10.2. The van der Waals surface area contributed by atoms with Gasteiger partial charge in [-0.1, -0.05) is 29.8 Å². The van der Waals surface area contributed by atoms with E-state index in [0.29, 0.717) is 10.8 Å². The maximum Gasteiger partial charge on any atom is 0.143 e. The van der Waals surface area contributed by atoms with Crippen molar-refractivity contribution in [3.63, 3.8) is 0 Å². The van der Waals surface area contributed by atoms with Gasteiger partial charge in [-0.3, -0.25) is 5.43 Å². The molecule has 2 aromatic rings. The second-order valence-corrected chi connectivity index (χ2v) is 4.97. The number of anilines is 1. The van der Waals surface area contributed by atoms with Crippen LogP contribution in [0.15, 0.2) is 52.0 Å². The van der Waals surface area contributed by atoms with E-state index >= 15 is 0 Å². The van der Waals surface area contributed by atoms with Crippen LogP contribution in [-0.4, -0.2) is 13.3 Å². The SMILES string of the molecule is COc1c(Br)ccc(Cl)c1C=NNc1ccccc1. The standard InChI is InChI=1S/C14H12BrClN2O/c1-19-14-11(13(16)8-7-12(14)15)9-17-18-10-5-3-2-4-6-10/h2-9,18H,1H3. The molecule has 0 aliphatic rings. The third kappa shape index (κ3) is 3.49. The summed E-state index contributed by atoms with van der Waals surface area (Å²) in [6.07, 6.45) is 1.64. The number of rotatable bonds is 4. The Kier molecular flexibility index (Phi) is 4.82. The van der Waals surface area contributed by atoms with E-state index in [4.69, 9.17) is 16.3 Å². The maximum atomic E-state index is 6.14. The molecule has 0 bridgehead atoms. The molecule has 2 aromatic carbocycles. The van der Waals surface area contributed by atoms with Crippen LogP contribution >= 0.6 is 27.5 Å². The summed E-state index contributed by atoms with van der Waals surface area (Å²) < 4.78 is 6.14. The second-order valence-electron chi connectivity index (χ2n) is 3.71. The molecular weight excluding hydrogens is 328 g/mol. The van der Waals surface area contributed by atoms with Crippen molar-refractivity contribution in [1.29, 1.82) is 0 Å². The monoisotopic (exact) mass is 338 g/mol. The first-order valence-corrected chi connectivity index (χ1v) is 6.75. The van der Waals surface area contributed by atoms with Gasteiger partial charge in [0, 0.05) is 0 Å². The highest BCUT2D eigenvalue weighted by molar-refractivity contribution is 9.10. The second kappa shape index (κ2) is 6.59. The van der Waals surface area contributed by atoms with E-state index in [9.17, 15) is 0 Å². The molecule has 0 heterocycles. The third-order valence-corrected chi connectivity index (χ3v) is 3.41. The van der Waals surface area contributed by atoms with Crippen LogP contribution in [0, 0.1) is 0 Å². The zero-order valence-electron chi connectivity index (χ0n) is 10.2. The first-order chi connectivity index (χ1) is 9.22. The number of hydrogen-bond donors (Lipinski definition) is 1. The first-order valence-electron chi connectivity index (χ1n) is 5.58. The van der Waals surface area contributed by atoms with Gasteiger partial charge < -0.3 is 4.74 Å². The average molecular weight is 340 g/mol. The van der Waals surface area contributed by atoms with Gasteiger partial charge >= 0.3 is 0 Å². The van der Waals surface area contributed by atoms with Gasteiger partial charge in [-0.05, 0) is 40.2 Å². The van der Waals surface area contributed by atoms with Crippen molar-refractivity contribution in [2.24, 2.45) is 5.10 Å². The number of benzene rings is 2. The molecule has 0 aliphatic carbocycles. The minimum absolute atomic E-state index is 0.582. The number of nitrogens with zero attached hydrogens (tertiary/aromatic N) is 1. The quantitative estimate of drug-likeness (QED) is 0.654. The molecule has 0 saturated heterocycles. The van der Waals surface area contributed by atoms with Crippen LogP contribution < -0.4 is 10.2 Å². The Balaban J connectivity index is 2.21. The Hall–Kier alpha value is -1.52. The van der Waals surface area contributed by atoms with Crippen LogP contribution in [0.4, 0.5) is 5.69 Å². The highest BCUT2D eigenvalue weighted by Gasteiger charge is 2.09. The van der Waals surface area contributed by atoms with Gasteiger partial charge in [0.05, 0.1) is 34.1 Å². The number of methoxy groups -OCH3 is 1. The normalized spacial score (nSPS) is 10.7. The average Bonchev–Trinajstić information content (AvgIpc) is 2.44. The van der Waals surface area contributed by atoms with Crippen LogP contribution in [0.5, 0.6) is 5.75 Å². The van der Waals surface area contributed by atoms with Crippen LogP contribution in [0.1, 0.15) is 5.56 Å². The zero-order chi connectivity index (χ0) is 13.7. The van der Waals surface area contributed by atoms with Crippen LogP contribution in [0.25, 0.3) is 0 Å². The van der Waals surface area contributed by atoms with Crippen molar-refractivity contribution in [3.8, 4) is 5.75 Å². The smallest absolute Gasteiger partial charge is 0.143 e. The van der Waals surface area contributed by atoms with Gasteiger partial charge in [0.15, 0.2) is 0 Å². The fourth-order valence-electron chi connectivity index (χ4n) is 1.56. The van der Waals surface area contributed by atoms with Gasteiger partial charge in [0.25, 0.3) is 0 Å². The Labute approximate surface area is 125 Å². The largest absolute Gasteiger partial charge is 0.495 e. The molecule has 3 nitrogen and oxygen atoms in total. The summed E-state index contributed by atoms with van der Waals surface area (Å²) in [5.41, 5.74) is 4.56. The number of halogens is 2. The molecule has 2 rings (SSSR count). The fourth-order valence-corrected chi connectivity index (χ4v) is 2.27. The van der Waals surface area contributed by atoms with E-state index in [0.717, 1.165) is 15.7 Å². The molecule has 0 amide bonds. The lowest BCUT2D eigenvalue weighted by Gasteiger charge is -2.08. The lowest BCUT2D eigenvalue weighted by molar-refractivity contribution is 0.411. The number of hydrazone groups is 1. The summed E-state index contributed by atoms with van der Waals surface area (Å²) in [4.78, 5) is 0. The summed E-state index contributed by atoms with van der Waals surface area (Å²) in [5, 5.41) is 4.74. The highest BCUT2D eigenvalue weighted by atomic mass is 79.9. The Morgan fingerprint density at radius 2 is 1.95 bits per heavy atom. The van der Waals surface area contributed by atoms with Gasteiger partial charge in [-0.25, -0.2) is 0 Å². The molecule has 0 atom stereocenters. The van der Waals surface area contributed by atoms with Gasteiger partial charge in [-0.15, -0.1) is 0 Å². The highest BCUT2D eigenvalue weighted by Crippen LogP contribution is 2.32. The summed E-state index contributed by atoms with van der Waals surface area (Å²) in [5.74, 6) is 0.658. The van der Waals surface area contributed by atoms with Crippen LogP contribution in [-0.2, 0) is 0 Å². The number of para-hydroxylation sites is 1. The van der Waals surface area contributed by atoms with Gasteiger partial charge in [0.1, 0.15) is 5.75 Å². The third-order valence-electron chi connectivity index (χ3n) is 2.46. The van der Waals surface area contributed by atoms with Gasteiger partial charge in [-0.2, -0.15) is 5.10 Å². The fraction of sp³-hybridized carbons (Fsp3) is 0.0714. The first kappa shape index (κ1) is 13.9. The number of hydrogen-bond acceptors (Lipinski definition) is 3. The molecule has 0 fully saturated rings. The predicted octanol–water partition coefficient (Wildman–Crippen LogP) is 4.56. The van der Waals surface area contributed by atoms with E-state index in [2.05, 4.69) is 26.5 Å². The van der Waals surface area contributed by atoms with Crippen molar-refractivity contribution in [2.45, 2.75) is 0 Å². The molecule has 0 aliphatic heterocycles. The number of ether oxygens (including phenoxy) is 1. The summed E-state index contributed by atoms with van der Waals surface area (Å²) >= 11 is 9.55. The Morgan fingerprint density at radius 1 is 1.21 bits per heavy atom. The molecule has 0 unspecified atom stereocenters. The van der Waals surface area contributed by atoms with Crippen molar-refractivity contribution in [1.82, 2.24) is 0 Å². The summed E-state index contributed by atoms with van der Waals surface area (Å²) in [6.45, 7) is 0. The molecule has 0 aromatic heterocycles. The molecule has 5 heteroatoms. The molecule has 98 valence electrons. The molecule has 0 radical (unpaired) electrons. The summed E-state index contributed by atoms with van der Waals surface area (Å²) in [7, 11) is 1.60. The van der Waals surface area contributed by atoms with E-state index in [1.54, 1.807) is 19.4 Å². The molecule has 0 spiro atoms. The predicted molar refractivity (Wildman–Crippen MR) is 83.4 cm³/mol. The van der Waals surface area contributed by atoms with Crippen LogP contribution in [0.2, 0.25) is 5.02 Å². The molecule has 1 N–H and O–H groups in total. The van der Waals surface area contributed by atoms with Crippen molar-refractivity contribution in [2.75, 3.05) is 12.5 Å². The summed E-state index contributed by atoms with van der Waals surface area (Å²) in [6, 6.07) is 13.3. The van der Waals surface area contributed by atoms with Crippen molar-refractivity contribution < 1.29 is 4.74 Å². The van der Waals surface area contributed by atoms with Gasteiger partial charge in [0.2, 0.25) is 0 Å². The minimum atomic E-state index is 0.582. The Morgan fingerprint density at radius 3 is 2.63 bits per heavy atom. The molecular formula is C14H12BrClN2O. The molecule has 19 heavy (non-hydrogen) atoms. The van der Waals surface area contributed by atoms with E-state index in [1.165, 1.54) is 0 Å². The topological polar surface area (TPSA) is 33.6 Å². The van der Waals surface area contributed by atoms with E-state index in [1.807, 2.05) is 36.4 Å².